The van der Waals surface area contributed by atoms with Gasteiger partial charge in [0.1, 0.15) is 0 Å². The number of rotatable bonds is 6. The second-order valence-corrected chi connectivity index (χ2v) is 9.64. The topological polar surface area (TPSA) is 86.8 Å². The van der Waals surface area contributed by atoms with Crippen LogP contribution in [0.3, 0.4) is 0 Å². The zero-order valence-electron chi connectivity index (χ0n) is 19.4. The first kappa shape index (κ1) is 22.3. The lowest BCUT2D eigenvalue weighted by molar-refractivity contribution is 0.0548. The number of imide groups is 1. The molecule has 0 unspecified atom stereocenters. The zero-order valence-corrected chi connectivity index (χ0v) is 19.4. The molecule has 34 heavy (non-hydrogen) atoms. The van der Waals surface area contributed by atoms with Gasteiger partial charge in [0.15, 0.2) is 0 Å². The van der Waals surface area contributed by atoms with E-state index < -0.39 is 0 Å². The fourth-order valence-corrected chi connectivity index (χ4v) is 4.89. The van der Waals surface area contributed by atoms with Crippen molar-refractivity contribution in [1.82, 2.24) is 15.1 Å². The highest BCUT2D eigenvalue weighted by atomic mass is 16.2. The summed E-state index contributed by atoms with van der Waals surface area (Å²) in [5.74, 6) is -0.831. The first-order valence-corrected chi connectivity index (χ1v) is 12.1. The minimum Gasteiger partial charge on any atom is -0.349 e. The van der Waals surface area contributed by atoms with Crippen LogP contribution in [0.2, 0.25) is 0 Å². The molecule has 0 bridgehead atoms. The van der Waals surface area contributed by atoms with Crippen molar-refractivity contribution in [2.45, 2.75) is 63.6 Å². The van der Waals surface area contributed by atoms with Gasteiger partial charge >= 0.3 is 0 Å². The van der Waals surface area contributed by atoms with Gasteiger partial charge in [0.05, 0.1) is 11.1 Å². The van der Waals surface area contributed by atoms with Gasteiger partial charge in [0, 0.05) is 36.8 Å². The number of hydrogen-bond acceptors (Lipinski definition) is 4. The Labute approximate surface area is 199 Å². The van der Waals surface area contributed by atoms with Crippen LogP contribution in [0.25, 0.3) is 0 Å². The van der Waals surface area contributed by atoms with Crippen LogP contribution in [0.5, 0.6) is 0 Å². The van der Waals surface area contributed by atoms with Crippen LogP contribution in [-0.4, -0.2) is 52.6 Å². The van der Waals surface area contributed by atoms with E-state index in [1.54, 1.807) is 42.3 Å². The van der Waals surface area contributed by atoms with Gasteiger partial charge in [0.25, 0.3) is 23.6 Å². The van der Waals surface area contributed by atoms with Crippen LogP contribution in [0.1, 0.15) is 91.9 Å². The molecule has 0 saturated heterocycles. The highest BCUT2D eigenvalue weighted by Gasteiger charge is 2.40. The largest absolute Gasteiger partial charge is 0.349 e. The standard InChI is InChI=1S/C27H29N3O4/c1-29(16-17-7-9-18(10-8-17)24(31)28-20-12-13-20)25(32)19-11-14-22-23(15-19)27(34)30(26(22)33)21-5-3-2-4-6-21/h7-11,14-15,20-21H,2-6,12-13,16H2,1H3,(H,28,31). The molecule has 2 aromatic carbocycles. The van der Waals surface area contributed by atoms with E-state index in [9.17, 15) is 19.2 Å². The van der Waals surface area contributed by atoms with Crippen LogP contribution in [0.15, 0.2) is 42.5 Å². The molecule has 176 valence electrons. The summed E-state index contributed by atoms with van der Waals surface area (Å²) in [5.41, 5.74) is 2.59. The number of fused-ring (bicyclic) bond motifs is 1. The fraction of sp³-hybridized carbons (Fsp3) is 0.407. The van der Waals surface area contributed by atoms with Crippen molar-refractivity contribution in [2.24, 2.45) is 0 Å². The van der Waals surface area contributed by atoms with E-state index in [4.69, 9.17) is 0 Å². The highest BCUT2D eigenvalue weighted by Crippen LogP contribution is 2.31. The van der Waals surface area contributed by atoms with Crippen molar-refractivity contribution in [3.8, 4) is 0 Å². The van der Waals surface area contributed by atoms with Gasteiger partial charge in [-0.2, -0.15) is 0 Å². The number of carbonyl (C=O) groups is 4. The summed E-state index contributed by atoms with van der Waals surface area (Å²) in [6, 6.07) is 12.3. The molecule has 3 aliphatic rings. The van der Waals surface area contributed by atoms with E-state index in [-0.39, 0.29) is 29.7 Å². The lowest BCUT2D eigenvalue weighted by Gasteiger charge is -2.29. The molecule has 5 rings (SSSR count). The molecule has 1 aliphatic heterocycles. The second kappa shape index (κ2) is 9.05. The summed E-state index contributed by atoms with van der Waals surface area (Å²) in [7, 11) is 1.70. The number of hydrogen-bond donors (Lipinski definition) is 1. The van der Waals surface area contributed by atoms with E-state index in [2.05, 4.69) is 5.32 Å². The summed E-state index contributed by atoms with van der Waals surface area (Å²) >= 11 is 0. The average molecular weight is 460 g/mol. The SMILES string of the molecule is CN(Cc1ccc(C(=O)NC2CC2)cc1)C(=O)c1ccc2c(c1)C(=O)N(C1CCCCC1)C2=O. The van der Waals surface area contributed by atoms with Crippen LogP contribution in [0.4, 0.5) is 0 Å². The Balaban J connectivity index is 1.26. The third kappa shape index (κ3) is 4.34. The Bertz CT molecular complexity index is 1150. The summed E-state index contributed by atoms with van der Waals surface area (Å²) in [6.07, 6.45) is 6.97. The van der Waals surface area contributed by atoms with Crippen molar-refractivity contribution in [3.05, 3.63) is 70.3 Å². The van der Waals surface area contributed by atoms with Crippen molar-refractivity contribution in [2.75, 3.05) is 7.05 Å². The van der Waals surface area contributed by atoms with Crippen molar-refractivity contribution >= 4 is 23.6 Å². The van der Waals surface area contributed by atoms with Crippen LogP contribution >= 0.6 is 0 Å². The molecule has 2 aliphatic carbocycles. The molecule has 7 nitrogen and oxygen atoms in total. The Hall–Kier alpha value is -3.48. The van der Waals surface area contributed by atoms with Crippen LogP contribution in [-0.2, 0) is 6.54 Å². The Kier molecular flexibility index (Phi) is 5.94. The maximum Gasteiger partial charge on any atom is 0.261 e. The molecule has 0 radical (unpaired) electrons. The number of benzene rings is 2. The summed E-state index contributed by atoms with van der Waals surface area (Å²) < 4.78 is 0. The van der Waals surface area contributed by atoms with Gasteiger partial charge < -0.3 is 10.2 Å². The van der Waals surface area contributed by atoms with E-state index in [1.807, 2.05) is 12.1 Å². The number of carbonyl (C=O) groups excluding carboxylic acids is 4. The number of nitrogens with one attached hydrogen (secondary N) is 1. The fourth-order valence-electron chi connectivity index (χ4n) is 4.89. The average Bonchev–Trinajstić information content (AvgIpc) is 3.64. The molecule has 0 spiro atoms. The lowest BCUT2D eigenvalue weighted by Crippen LogP contribution is -2.40. The van der Waals surface area contributed by atoms with Gasteiger partial charge in [0.2, 0.25) is 0 Å². The predicted octanol–water partition coefficient (Wildman–Crippen LogP) is 3.78. The summed E-state index contributed by atoms with van der Waals surface area (Å²) in [4.78, 5) is 54.1. The number of amides is 4. The smallest absolute Gasteiger partial charge is 0.261 e. The van der Waals surface area contributed by atoms with Gasteiger partial charge in [-0.05, 0) is 61.6 Å². The predicted molar refractivity (Wildman–Crippen MR) is 127 cm³/mol. The zero-order chi connectivity index (χ0) is 23.8. The van der Waals surface area contributed by atoms with E-state index >= 15 is 0 Å². The normalized spacial score (nSPS) is 18.1. The molecule has 0 aromatic heterocycles. The van der Waals surface area contributed by atoms with Gasteiger partial charge in [-0.25, -0.2) is 0 Å². The first-order chi connectivity index (χ1) is 16.4. The van der Waals surface area contributed by atoms with E-state index in [1.165, 1.54) is 4.90 Å². The van der Waals surface area contributed by atoms with Crippen molar-refractivity contribution in [3.63, 3.8) is 0 Å². The molecule has 1 heterocycles. The van der Waals surface area contributed by atoms with Gasteiger partial charge in [-0.3, -0.25) is 24.1 Å². The molecular weight excluding hydrogens is 430 g/mol. The Morgan fingerprint density at radius 2 is 1.53 bits per heavy atom. The highest BCUT2D eigenvalue weighted by molar-refractivity contribution is 6.22. The number of nitrogens with zero attached hydrogens (tertiary/aromatic N) is 2. The molecule has 7 heteroatoms. The molecule has 2 aromatic rings. The molecular formula is C27H29N3O4. The minimum atomic E-state index is -0.288. The van der Waals surface area contributed by atoms with Gasteiger partial charge in [-0.15, -0.1) is 0 Å². The van der Waals surface area contributed by atoms with Gasteiger partial charge in [-0.1, -0.05) is 31.4 Å². The second-order valence-electron chi connectivity index (χ2n) is 9.64. The third-order valence-electron chi connectivity index (χ3n) is 7.00. The summed E-state index contributed by atoms with van der Waals surface area (Å²) in [6.45, 7) is 0.363. The Morgan fingerprint density at radius 1 is 0.882 bits per heavy atom. The third-order valence-corrected chi connectivity index (χ3v) is 7.00. The molecule has 2 fully saturated rings. The van der Waals surface area contributed by atoms with Crippen LogP contribution < -0.4 is 5.32 Å². The molecule has 2 saturated carbocycles. The van der Waals surface area contributed by atoms with Crippen molar-refractivity contribution in [1.29, 1.82) is 0 Å². The monoisotopic (exact) mass is 459 g/mol. The van der Waals surface area contributed by atoms with E-state index in [0.29, 0.717) is 34.8 Å². The molecule has 0 atom stereocenters. The molecule has 1 N–H and O–H groups in total. The Morgan fingerprint density at radius 3 is 2.21 bits per heavy atom. The van der Waals surface area contributed by atoms with Crippen LogP contribution in [0, 0.1) is 0 Å². The summed E-state index contributed by atoms with van der Waals surface area (Å²) in [5, 5.41) is 2.96. The maximum atomic E-state index is 13.1. The lowest BCUT2D eigenvalue weighted by atomic mass is 9.94. The minimum absolute atomic E-state index is 0.0442. The quantitative estimate of drug-likeness (QED) is 0.666. The maximum absolute atomic E-state index is 13.1. The van der Waals surface area contributed by atoms with E-state index in [0.717, 1.165) is 50.5 Å². The molecule has 4 amide bonds. The first-order valence-electron chi connectivity index (χ1n) is 12.1. The van der Waals surface area contributed by atoms with Crippen molar-refractivity contribution < 1.29 is 19.2 Å².